The van der Waals surface area contributed by atoms with E-state index in [2.05, 4.69) is 0 Å². The Balaban J connectivity index is 2.35. The largest absolute Gasteiger partial charge is 0.481 e. The van der Waals surface area contributed by atoms with E-state index < -0.39 is 5.97 Å². The van der Waals surface area contributed by atoms with Crippen molar-refractivity contribution in [2.45, 2.75) is 6.42 Å². The fraction of sp³-hybridized carbons (Fsp3) is 0.600. The molecule has 0 spiro atoms. The second-order valence-electron chi connectivity index (χ2n) is 1.71. The average Bonchev–Trinajstić information content (AvgIpc) is 2.12. The highest BCUT2D eigenvalue weighted by Crippen LogP contribution is 2.24. The van der Waals surface area contributed by atoms with Crippen molar-refractivity contribution in [3.05, 3.63) is 5.92 Å². The number of hydrogen-bond acceptors (Lipinski definition) is 2. The van der Waals surface area contributed by atoms with Crippen LogP contribution in [0.25, 0.3) is 0 Å². The van der Waals surface area contributed by atoms with Crippen LogP contribution in [0.2, 0.25) is 0 Å². The smallest absolute Gasteiger partial charge is 0.311 e. The van der Waals surface area contributed by atoms with Crippen LogP contribution in [0.3, 0.4) is 0 Å². The molecule has 1 saturated heterocycles. The van der Waals surface area contributed by atoms with Crippen LogP contribution in [-0.4, -0.2) is 22.6 Å². The summed E-state index contributed by atoms with van der Waals surface area (Å²) in [7, 11) is 0. The maximum absolute atomic E-state index is 10.2. The van der Waals surface area contributed by atoms with Gasteiger partial charge in [0.2, 0.25) is 0 Å². The highest BCUT2D eigenvalue weighted by atomic mass is 32.2. The third-order valence-corrected chi connectivity index (χ3v) is 2.17. The molecule has 1 radical (unpaired) electrons. The zero-order valence-corrected chi connectivity index (χ0v) is 5.20. The van der Waals surface area contributed by atoms with Crippen molar-refractivity contribution in [3.63, 3.8) is 0 Å². The minimum Gasteiger partial charge on any atom is -0.481 e. The summed E-state index contributed by atoms with van der Waals surface area (Å²) in [6, 6.07) is 0. The van der Waals surface area contributed by atoms with Gasteiger partial charge >= 0.3 is 5.97 Å². The molecule has 1 rings (SSSR count). The molecule has 1 aliphatic rings. The molecule has 0 aromatic rings. The van der Waals surface area contributed by atoms with Gasteiger partial charge in [0.25, 0.3) is 0 Å². The summed E-state index contributed by atoms with van der Waals surface area (Å²) >= 11 is 1.69. The first-order valence-corrected chi connectivity index (χ1v) is 3.62. The van der Waals surface area contributed by atoms with E-state index in [9.17, 15) is 4.79 Å². The van der Waals surface area contributed by atoms with Gasteiger partial charge in [-0.25, -0.2) is 0 Å². The van der Waals surface area contributed by atoms with Crippen LogP contribution >= 0.6 is 11.8 Å². The number of rotatable bonds is 1. The van der Waals surface area contributed by atoms with E-state index in [1.54, 1.807) is 11.8 Å². The quantitative estimate of drug-likeness (QED) is 0.571. The molecule has 1 heterocycles. The minimum atomic E-state index is -0.713. The van der Waals surface area contributed by atoms with E-state index >= 15 is 0 Å². The number of aliphatic carboxylic acids is 1. The highest BCUT2D eigenvalue weighted by molar-refractivity contribution is 7.99. The molecular weight excluding hydrogens is 124 g/mol. The third kappa shape index (κ3) is 1.15. The number of carbonyl (C=O) groups is 1. The van der Waals surface area contributed by atoms with Crippen molar-refractivity contribution in [2.24, 2.45) is 0 Å². The number of hydrogen-bond donors (Lipinski definition) is 1. The lowest BCUT2D eigenvalue weighted by molar-refractivity contribution is -0.134. The highest BCUT2D eigenvalue weighted by Gasteiger charge is 2.22. The van der Waals surface area contributed by atoms with Crippen LogP contribution in [0.4, 0.5) is 0 Å². The molecule has 0 bridgehead atoms. The third-order valence-electron chi connectivity index (χ3n) is 1.13. The molecular formula is C5H7O2S. The Morgan fingerprint density at radius 3 is 2.75 bits per heavy atom. The van der Waals surface area contributed by atoms with Crippen molar-refractivity contribution >= 4 is 17.7 Å². The Morgan fingerprint density at radius 1 is 1.75 bits per heavy atom. The summed E-state index contributed by atoms with van der Waals surface area (Å²) < 4.78 is 0. The maximum atomic E-state index is 10.2. The Kier molecular flexibility index (Phi) is 1.78. The molecule has 0 unspecified atom stereocenters. The van der Waals surface area contributed by atoms with Crippen LogP contribution in [0.15, 0.2) is 0 Å². The predicted octanol–water partition coefficient (Wildman–Crippen LogP) is 0.782. The second kappa shape index (κ2) is 2.40. The van der Waals surface area contributed by atoms with Gasteiger partial charge in [0.15, 0.2) is 0 Å². The Hall–Kier alpha value is -0.180. The molecule has 0 aromatic carbocycles. The lowest BCUT2D eigenvalue weighted by Crippen LogP contribution is -2.08. The van der Waals surface area contributed by atoms with Crippen LogP contribution in [0.5, 0.6) is 0 Å². The zero-order chi connectivity index (χ0) is 5.98. The van der Waals surface area contributed by atoms with Crippen LogP contribution in [0.1, 0.15) is 6.42 Å². The van der Waals surface area contributed by atoms with Crippen LogP contribution in [-0.2, 0) is 4.79 Å². The van der Waals surface area contributed by atoms with Gasteiger partial charge in [0, 0.05) is 5.75 Å². The summed E-state index contributed by atoms with van der Waals surface area (Å²) in [5.41, 5.74) is 0. The van der Waals surface area contributed by atoms with Gasteiger partial charge in [-0.3, -0.25) is 4.79 Å². The zero-order valence-electron chi connectivity index (χ0n) is 4.39. The molecule has 0 atom stereocenters. The molecule has 0 amide bonds. The first kappa shape index (κ1) is 5.95. The topological polar surface area (TPSA) is 37.3 Å². The molecule has 45 valence electrons. The first-order valence-electron chi connectivity index (χ1n) is 2.46. The SMILES string of the molecule is O=C(O)[C]1CCSC1. The summed E-state index contributed by atoms with van der Waals surface area (Å²) in [6.07, 6.45) is 0.778. The Morgan fingerprint density at radius 2 is 2.50 bits per heavy atom. The molecule has 0 aromatic heterocycles. The van der Waals surface area contributed by atoms with Gasteiger partial charge in [0.1, 0.15) is 0 Å². The molecule has 0 saturated carbocycles. The molecule has 1 fully saturated rings. The van der Waals surface area contributed by atoms with Gasteiger partial charge in [-0.2, -0.15) is 11.8 Å². The van der Waals surface area contributed by atoms with Crippen LogP contribution in [0, 0.1) is 5.92 Å². The van der Waals surface area contributed by atoms with E-state index in [4.69, 9.17) is 5.11 Å². The Bertz CT molecular complexity index is 96.6. The van der Waals surface area contributed by atoms with Gasteiger partial charge < -0.3 is 5.11 Å². The number of carboxylic acids is 1. The summed E-state index contributed by atoms with van der Waals surface area (Å²) in [6.45, 7) is 0. The lowest BCUT2D eigenvalue weighted by Gasteiger charge is -1.95. The van der Waals surface area contributed by atoms with Gasteiger partial charge in [-0.15, -0.1) is 0 Å². The number of carboxylic acid groups (broad SMARTS) is 1. The van der Waals surface area contributed by atoms with Crippen molar-refractivity contribution in [2.75, 3.05) is 11.5 Å². The van der Waals surface area contributed by atoms with E-state index in [0.717, 1.165) is 17.9 Å². The standard InChI is InChI=1S/C5H7O2S/c6-5(7)4-1-2-8-3-4/h1-3H2,(H,6,7). The molecule has 2 nitrogen and oxygen atoms in total. The maximum Gasteiger partial charge on any atom is 0.311 e. The van der Waals surface area contributed by atoms with E-state index in [-0.39, 0.29) is 0 Å². The van der Waals surface area contributed by atoms with Crippen molar-refractivity contribution in [1.29, 1.82) is 0 Å². The van der Waals surface area contributed by atoms with Gasteiger partial charge in [-0.05, 0) is 12.2 Å². The number of thioether (sulfide) groups is 1. The molecule has 8 heavy (non-hydrogen) atoms. The van der Waals surface area contributed by atoms with Crippen molar-refractivity contribution in [3.8, 4) is 0 Å². The fourth-order valence-electron chi connectivity index (χ4n) is 0.632. The lowest BCUT2D eigenvalue weighted by atomic mass is 10.1. The van der Waals surface area contributed by atoms with E-state index in [1.807, 2.05) is 0 Å². The normalized spacial score (nSPS) is 21.5. The molecule has 3 heteroatoms. The minimum absolute atomic E-state index is 0.676. The predicted molar refractivity (Wildman–Crippen MR) is 32.8 cm³/mol. The van der Waals surface area contributed by atoms with Crippen molar-refractivity contribution < 1.29 is 9.90 Å². The van der Waals surface area contributed by atoms with Gasteiger partial charge in [0.05, 0.1) is 5.92 Å². The van der Waals surface area contributed by atoms with Crippen molar-refractivity contribution in [1.82, 2.24) is 0 Å². The molecule has 1 N–H and O–H groups in total. The summed E-state index contributed by atoms with van der Waals surface area (Å²) in [4.78, 5) is 10.2. The Labute approximate surface area is 52.3 Å². The fourth-order valence-corrected chi connectivity index (χ4v) is 1.68. The average molecular weight is 131 g/mol. The second-order valence-corrected chi connectivity index (χ2v) is 2.82. The van der Waals surface area contributed by atoms with Crippen LogP contribution < -0.4 is 0 Å². The molecule has 0 aliphatic carbocycles. The van der Waals surface area contributed by atoms with Gasteiger partial charge in [-0.1, -0.05) is 0 Å². The summed E-state index contributed by atoms with van der Waals surface area (Å²) in [5, 5.41) is 8.36. The van der Waals surface area contributed by atoms with E-state index in [0.29, 0.717) is 5.92 Å². The first-order chi connectivity index (χ1) is 3.80. The molecule has 1 aliphatic heterocycles. The van der Waals surface area contributed by atoms with E-state index in [1.165, 1.54) is 0 Å². The summed E-state index contributed by atoms with van der Waals surface area (Å²) in [5.74, 6) is 1.68. The monoisotopic (exact) mass is 131 g/mol.